The number of alkyl halides is 1. The lowest BCUT2D eigenvalue weighted by Gasteiger charge is -1.67. The first-order valence-corrected chi connectivity index (χ1v) is 2.41. The topological polar surface area (TPSA) is 26.3 Å². The fourth-order valence-electron chi connectivity index (χ4n) is 0.0630. The van der Waals surface area contributed by atoms with Gasteiger partial charge in [-0.3, -0.25) is 4.79 Å². The lowest BCUT2D eigenvalue weighted by Crippen LogP contribution is -1.68. The van der Waals surface area contributed by atoms with E-state index < -0.39 is 6.17 Å². The maximum Gasteiger partial charge on any atom is 0.292 e. The van der Waals surface area contributed by atoms with Crippen LogP contribution in [0.5, 0.6) is 0 Å². The molecule has 8 heavy (non-hydrogen) atoms. The molecule has 0 aromatic heterocycles. The van der Waals surface area contributed by atoms with Gasteiger partial charge < -0.3 is 4.74 Å². The molecule has 1 fully saturated rings. The first-order chi connectivity index (χ1) is 3.81. The normalized spacial score (nSPS) is 15.8. The Balaban J connectivity index is 0.000000122. The van der Waals surface area contributed by atoms with Crippen LogP contribution in [0.25, 0.3) is 0 Å². The molecule has 0 saturated heterocycles. The van der Waals surface area contributed by atoms with Gasteiger partial charge in [0.05, 0.1) is 7.11 Å². The molecule has 0 bridgehead atoms. The predicted molar refractivity (Wildman–Crippen MR) is 27.2 cm³/mol. The number of methoxy groups -OCH3 is 1. The molecular formula is C5H9FO2. The van der Waals surface area contributed by atoms with Gasteiger partial charge in [-0.1, -0.05) is 0 Å². The van der Waals surface area contributed by atoms with Crippen molar-refractivity contribution >= 4 is 6.47 Å². The quantitative estimate of drug-likeness (QED) is 0.481. The fraction of sp³-hybridized carbons (Fsp3) is 0.800. The Kier molecular flexibility index (Phi) is 4.21. The smallest absolute Gasteiger partial charge is 0.292 e. The second-order valence-electron chi connectivity index (χ2n) is 1.51. The average Bonchev–Trinajstić information content (AvgIpc) is 2.52. The summed E-state index contributed by atoms with van der Waals surface area (Å²) >= 11 is 0. The molecule has 48 valence electrons. The zero-order chi connectivity index (χ0) is 6.41. The average molecular weight is 120 g/mol. The Bertz CT molecular complexity index is 61.4. The maximum absolute atomic E-state index is 11.1. The summed E-state index contributed by atoms with van der Waals surface area (Å²) in [5.41, 5.74) is 0. The van der Waals surface area contributed by atoms with Crippen molar-refractivity contribution in [3.8, 4) is 0 Å². The Hall–Kier alpha value is -0.600. The number of carbonyl (C=O) groups is 1. The Labute approximate surface area is 47.6 Å². The Morgan fingerprint density at radius 2 is 2.00 bits per heavy atom. The first-order valence-electron chi connectivity index (χ1n) is 2.41. The van der Waals surface area contributed by atoms with Gasteiger partial charge in [0, 0.05) is 0 Å². The summed E-state index contributed by atoms with van der Waals surface area (Å²) in [5, 5.41) is 0. The number of halogens is 1. The molecule has 0 aliphatic heterocycles. The van der Waals surface area contributed by atoms with Crippen LogP contribution >= 0.6 is 0 Å². The van der Waals surface area contributed by atoms with Crippen LogP contribution in [0.3, 0.4) is 0 Å². The van der Waals surface area contributed by atoms with Crippen molar-refractivity contribution < 1.29 is 13.9 Å². The summed E-state index contributed by atoms with van der Waals surface area (Å²) in [5.74, 6) is 0. The third kappa shape index (κ3) is 9.04. The number of hydrogen-bond donors (Lipinski definition) is 0. The highest BCUT2D eigenvalue weighted by Gasteiger charge is 2.18. The van der Waals surface area contributed by atoms with Crippen LogP contribution in [0.2, 0.25) is 0 Å². The van der Waals surface area contributed by atoms with Crippen molar-refractivity contribution in [2.75, 3.05) is 7.11 Å². The predicted octanol–water partition coefficient (Wildman–Crippen LogP) is 0.907. The number of rotatable bonds is 1. The van der Waals surface area contributed by atoms with Crippen LogP contribution in [0.1, 0.15) is 12.8 Å². The summed E-state index contributed by atoms with van der Waals surface area (Å²) in [4.78, 5) is 8.95. The van der Waals surface area contributed by atoms with Gasteiger partial charge >= 0.3 is 0 Å². The van der Waals surface area contributed by atoms with E-state index in [0.717, 1.165) is 12.8 Å². The molecular weight excluding hydrogens is 111 g/mol. The summed E-state index contributed by atoms with van der Waals surface area (Å²) < 4.78 is 15.0. The van der Waals surface area contributed by atoms with E-state index in [1.165, 1.54) is 7.11 Å². The van der Waals surface area contributed by atoms with Gasteiger partial charge in [-0.2, -0.15) is 0 Å². The molecule has 0 atom stereocenters. The lowest BCUT2D eigenvalue weighted by molar-refractivity contribution is -0.126. The van der Waals surface area contributed by atoms with E-state index in [1.807, 2.05) is 0 Å². The van der Waals surface area contributed by atoms with E-state index in [1.54, 1.807) is 0 Å². The zero-order valence-corrected chi connectivity index (χ0v) is 4.76. The number of hydrogen-bond acceptors (Lipinski definition) is 2. The third-order valence-electron chi connectivity index (χ3n) is 0.603. The molecule has 0 N–H and O–H groups in total. The van der Waals surface area contributed by atoms with Gasteiger partial charge in [0.25, 0.3) is 6.47 Å². The minimum absolute atomic E-state index is 0.375. The SMILES string of the molecule is COC=O.FC1CC1. The van der Waals surface area contributed by atoms with E-state index >= 15 is 0 Å². The monoisotopic (exact) mass is 120 g/mol. The van der Waals surface area contributed by atoms with Gasteiger partial charge in [0.2, 0.25) is 0 Å². The molecule has 1 aliphatic rings. The maximum atomic E-state index is 11.1. The largest absolute Gasteiger partial charge is 0.471 e. The molecule has 0 heterocycles. The van der Waals surface area contributed by atoms with E-state index in [9.17, 15) is 4.39 Å². The van der Waals surface area contributed by atoms with Crippen LogP contribution in [0.4, 0.5) is 4.39 Å². The van der Waals surface area contributed by atoms with Crippen LogP contribution in [-0.2, 0) is 9.53 Å². The molecule has 1 saturated carbocycles. The van der Waals surface area contributed by atoms with Crippen molar-refractivity contribution in [1.29, 1.82) is 0 Å². The minimum atomic E-state index is -0.417. The van der Waals surface area contributed by atoms with Crippen molar-refractivity contribution in [2.45, 2.75) is 19.0 Å². The second-order valence-corrected chi connectivity index (χ2v) is 1.51. The molecule has 0 aromatic carbocycles. The van der Waals surface area contributed by atoms with Crippen molar-refractivity contribution in [1.82, 2.24) is 0 Å². The fourth-order valence-corrected chi connectivity index (χ4v) is 0.0630. The Morgan fingerprint density at radius 3 is 2.00 bits per heavy atom. The van der Waals surface area contributed by atoms with Gasteiger partial charge in [-0.05, 0) is 12.8 Å². The second kappa shape index (κ2) is 4.56. The molecule has 0 radical (unpaired) electrons. The zero-order valence-electron chi connectivity index (χ0n) is 4.76. The third-order valence-corrected chi connectivity index (χ3v) is 0.603. The molecule has 0 unspecified atom stereocenters. The van der Waals surface area contributed by atoms with Gasteiger partial charge in [0.1, 0.15) is 6.17 Å². The highest BCUT2D eigenvalue weighted by molar-refractivity contribution is 5.36. The van der Waals surface area contributed by atoms with Crippen LogP contribution in [0.15, 0.2) is 0 Å². The van der Waals surface area contributed by atoms with Crippen LogP contribution in [0, 0.1) is 0 Å². The van der Waals surface area contributed by atoms with Crippen molar-refractivity contribution in [2.24, 2.45) is 0 Å². The molecule has 3 heteroatoms. The first kappa shape index (κ1) is 7.40. The molecule has 0 amide bonds. The molecule has 2 nitrogen and oxygen atoms in total. The van der Waals surface area contributed by atoms with E-state index in [4.69, 9.17) is 4.79 Å². The highest BCUT2D eigenvalue weighted by atomic mass is 19.1. The molecule has 1 aliphatic carbocycles. The number of carbonyl (C=O) groups excluding carboxylic acids is 1. The molecule has 0 aromatic rings. The molecule has 0 spiro atoms. The van der Waals surface area contributed by atoms with Gasteiger partial charge in [-0.15, -0.1) is 0 Å². The summed E-state index contributed by atoms with van der Waals surface area (Å²) in [6.07, 6.45) is 1.22. The van der Waals surface area contributed by atoms with E-state index in [-0.39, 0.29) is 0 Å². The van der Waals surface area contributed by atoms with Crippen LogP contribution < -0.4 is 0 Å². The van der Waals surface area contributed by atoms with Gasteiger partial charge in [-0.25, -0.2) is 4.39 Å². The minimum Gasteiger partial charge on any atom is -0.471 e. The van der Waals surface area contributed by atoms with Crippen LogP contribution in [-0.4, -0.2) is 19.8 Å². The lowest BCUT2D eigenvalue weighted by atomic mass is 10.9. The van der Waals surface area contributed by atoms with Crippen molar-refractivity contribution in [3.05, 3.63) is 0 Å². The van der Waals surface area contributed by atoms with E-state index in [2.05, 4.69) is 4.74 Å². The van der Waals surface area contributed by atoms with Gasteiger partial charge in [0.15, 0.2) is 0 Å². The summed E-state index contributed by atoms with van der Waals surface area (Å²) in [6.45, 7) is 0.375. The number of ether oxygens (including phenoxy) is 1. The summed E-state index contributed by atoms with van der Waals surface area (Å²) in [6, 6.07) is 0. The molecule has 1 rings (SSSR count). The highest BCUT2D eigenvalue weighted by Crippen LogP contribution is 2.22. The summed E-state index contributed by atoms with van der Waals surface area (Å²) in [7, 11) is 1.31. The standard InChI is InChI=1S/C3H5F.C2H4O2/c4-3-1-2-3;1-4-2-3/h3H,1-2H2;2H,1H3. The Morgan fingerprint density at radius 1 is 1.75 bits per heavy atom. The van der Waals surface area contributed by atoms with Crippen molar-refractivity contribution in [3.63, 3.8) is 0 Å². The van der Waals surface area contributed by atoms with E-state index in [0.29, 0.717) is 6.47 Å².